The third-order valence-electron chi connectivity index (χ3n) is 1.97. The van der Waals surface area contributed by atoms with Crippen LogP contribution in [0, 0.1) is 0 Å². The van der Waals surface area contributed by atoms with Gasteiger partial charge in [0.25, 0.3) is 0 Å². The molecule has 0 spiro atoms. The molecule has 0 saturated heterocycles. The van der Waals surface area contributed by atoms with Gasteiger partial charge in [-0.1, -0.05) is 22.0 Å². The summed E-state index contributed by atoms with van der Waals surface area (Å²) in [5, 5.41) is 9.55. The zero-order chi connectivity index (χ0) is 11.3. The zero-order valence-corrected chi connectivity index (χ0v) is 11.3. The van der Waals surface area contributed by atoms with Crippen LogP contribution in [0.5, 0.6) is 5.75 Å². The van der Waals surface area contributed by atoms with Gasteiger partial charge in [0.15, 0.2) is 0 Å². The number of halogens is 1. The van der Waals surface area contributed by atoms with Crippen molar-refractivity contribution in [2.45, 2.75) is 13.0 Å². The molecule has 4 heteroatoms. The van der Waals surface area contributed by atoms with E-state index in [0.29, 0.717) is 6.61 Å². The van der Waals surface area contributed by atoms with E-state index >= 15 is 0 Å². The van der Waals surface area contributed by atoms with Crippen LogP contribution in [0.15, 0.2) is 22.7 Å². The molecule has 1 atom stereocenters. The largest absolute Gasteiger partial charge is 0.492 e. The molecule has 1 N–H and O–H groups in total. The number of aliphatic hydroxyl groups excluding tert-OH is 1. The fraction of sp³-hybridized carbons (Fsp3) is 0.455. The van der Waals surface area contributed by atoms with E-state index in [0.717, 1.165) is 21.5 Å². The minimum Gasteiger partial charge on any atom is -0.492 e. The Bertz CT molecular complexity index is 315. The highest BCUT2D eigenvalue weighted by molar-refractivity contribution is 9.10. The van der Waals surface area contributed by atoms with Crippen LogP contribution in [0.2, 0.25) is 0 Å². The monoisotopic (exact) mass is 290 g/mol. The summed E-state index contributed by atoms with van der Waals surface area (Å²) in [6, 6.07) is 5.68. The molecule has 0 fully saturated rings. The van der Waals surface area contributed by atoms with E-state index < -0.39 is 6.10 Å². The Hall–Kier alpha value is -0.190. The molecule has 15 heavy (non-hydrogen) atoms. The van der Waals surface area contributed by atoms with Gasteiger partial charge in [0, 0.05) is 15.8 Å². The van der Waals surface area contributed by atoms with Gasteiger partial charge in [-0.05, 0) is 25.3 Å². The highest BCUT2D eigenvalue weighted by Gasteiger charge is 2.09. The molecular formula is C11H15BrO2S. The van der Waals surface area contributed by atoms with E-state index in [1.807, 2.05) is 24.5 Å². The highest BCUT2D eigenvalue weighted by atomic mass is 79.9. The van der Waals surface area contributed by atoms with Gasteiger partial charge in [-0.15, -0.1) is 0 Å². The van der Waals surface area contributed by atoms with Crippen molar-refractivity contribution in [2.75, 3.05) is 18.6 Å². The number of benzene rings is 1. The topological polar surface area (TPSA) is 29.5 Å². The van der Waals surface area contributed by atoms with Crippen LogP contribution in [-0.2, 0) is 0 Å². The molecule has 0 bridgehead atoms. The van der Waals surface area contributed by atoms with E-state index in [1.165, 1.54) is 0 Å². The lowest BCUT2D eigenvalue weighted by Gasteiger charge is -2.13. The fourth-order valence-corrected chi connectivity index (χ4v) is 1.80. The molecule has 0 radical (unpaired) electrons. The Balaban J connectivity index is 2.77. The first-order chi connectivity index (χ1) is 7.15. The van der Waals surface area contributed by atoms with Crippen LogP contribution in [0.25, 0.3) is 0 Å². The molecule has 0 aliphatic heterocycles. The molecule has 0 heterocycles. The third kappa shape index (κ3) is 4.05. The van der Waals surface area contributed by atoms with Crippen molar-refractivity contribution in [1.82, 2.24) is 0 Å². The first-order valence-electron chi connectivity index (χ1n) is 4.74. The van der Waals surface area contributed by atoms with Crippen LogP contribution in [0.3, 0.4) is 0 Å². The lowest BCUT2D eigenvalue weighted by Crippen LogP contribution is -2.03. The summed E-state index contributed by atoms with van der Waals surface area (Å²) >= 11 is 5.13. The molecule has 0 amide bonds. The minimum atomic E-state index is -0.498. The van der Waals surface area contributed by atoms with Crippen LogP contribution in [0.4, 0.5) is 0 Å². The maximum Gasteiger partial charge on any atom is 0.126 e. The predicted molar refractivity (Wildman–Crippen MR) is 68.7 cm³/mol. The van der Waals surface area contributed by atoms with E-state index in [4.69, 9.17) is 4.74 Å². The van der Waals surface area contributed by atoms with Crippen LogP contribution in [-0.4, -0.2) is 23.7 Å². The van der Waals surface area contributed by atoms with E-state index in [9.17, 15) is 5.11 Å². The normalized spacial score (nSPS) is 12.5. The van der Waals surface area contributed by atoms with Gasteiger partial charge in [0.05, 0.1) is 12.7 Å². The van der Waals surface area contributed by atoms with Crippen molar-refractivity contribution >= 4 is 27.7 Å². The molecule has 1 rings (SSSR count). The number of ether oxygens (including phenoxy) is 1. The van der Waals surface area contributed by atoms with E-state index in [2.05, 4.69) is 15.9 Å². The Kier molecular flexibility index (Phi) is 5.50. The number of hydrogen-bond donors (Lipinski definition) is 1. The maximum atomic E-state index is 9.55. The smallest absolute Gasteiger partial charge is 0.126 e. The first-order valence-corrected chi connectivity index (χ1v) is 6.93. The molecular weight excluding hydrogens is 276 g/mol. The van der Waals surface area contributed by atoms with Gasteiger partial charge >= 0.3 is 0 Å². The molecule has 0 saturated carbocycles. The maximum absolute atomic E-state index is 9.55. The molecule has 0 aliphatic carbocycles. The van der Waals surface area contributed by atoms with Crippen LogP contribution < -0.4 is 4.74 Å². The molecule has 0 aliphatic rings. The Morgan fingerprint density at radius 2 is 2.27 bits per heavy atom. The second-order valence-corrected chi connectivity index (χ2v) is 5.10. The van der Waals surface area contributed by atoms with E-state index in [-0.39, 0.29) is 0 Å². The standard InChI is InChI=1S/C11H15BrO2S/c1-8(13)10-4-3-9(12)7-11(10)14-5-6-15-2/h3-4,7-8,13H,5-6H2,1-2H3/t8-/m0/s1. The number of aliphatic hydroxyl groups is 1. The molecule has 0 unspecified atom stereocenters. The number of thioether (sulfide) groups is 1. The quantitative estimate of drug-likeness (QED) is 0.844. The Morgan fingerprint density at radius 1 is 1.53 bits per heavy atom. The van der Waals surface area contributed by atoms with Gasteiger partial charge in [-0.3, -0.25) is 0 Å². The summed E-state index contributed by atoms with van der Waals surface area (Å²) in [5.41, 5.74) is 0.833. The van der Waals surface area contributed by atoms with Gasteiger partial charge < -0.3 is 9.84 Å². The van der Waals surface area contributed by atoms with Gasteiger partial charge in [0.1, 0.15) is 5.75 Å². The average Bonchev–Trinajstić information content (AvgIpc) is 2.18. The van der Waals surface area contributed by atoms with E-state index in [1.54, 1.807) is 18.7 Å². The summed E-state index contributed by atoms with van der Waals surface area (Å²) in [6.45, 7) is 2.40. The number of hydrogen-bond acceptors (Lipinski definition) is 3. The van der Waals surface area contributed by atoms with Gasteiger partial charge in [-0.25, -0.2) is 0 Å². The van der Waals surface area contributed by atoms with Crippen LogP contribution >= 0.6 is 27.7 Å². The lowest BCUT2D eigenvalue weighted by atomic mass is 10.1. The zero-order valence-electron chi connectivity index (χ0n) is 8.87. The molecule has 0 aromatic heterocycles. The molecule has 1 aromatic carbocycles. The second kappa shape index (κ2) is 6.40. The summed E-state index contributed by atoms with van der Waals surface area (Å²) < 4.78 is 6.57. The van der Waals surface area contributed by atoms with Crippen LogP contribution in [0.1, 0.15) is 18.6 Å². The van der Waals surface area contributed by atoms with Crippen molar-refractivity contribution in [2.24, 2.45) is 0 Å². The van der Waals surface area contributed by atoms with Crippen molar-refractivity contribution in [3.05, 3.63) is 28.2 Å². The third-order valence-corrected chi connectivity index (χ3v) is 3.04. The van der Waals surface area contributed by atoms with Crippen molar-refractivity contribution in [1.29, 1.82) is 0 Å². The predicted octanol–water partition coefficient (Wildman–Crippen LogP) is 3.24. The Morgan fingerprint density at radius 3 is 2.87 bits per heavy atom. The fourth-order valence-electron chi connectivity index (χ4n) is 1.21. The second-order valence-electron chi connectivity index (χ2n) is 3.20. The Labute approximate surface area is 103 Å². The lowest BCUT2D eigenvalue weighted by molar-refractivity contribution is 0.192. The van der Waals surface area contributed by atoms with Crippen molar-refractivity contribution in [3.63, 3.8) is 0 Å². The summed E-state index contributed by atoms with van der Waals surface area (Å²) in [7, 11) is 0. The summed E-state index contributed by atoms with van der Waals surface area (Å²) in [4.78, 5) is 0. The van der Waals surface area contributed by atoms with Gasteiger partial charge in [-0.2, -0.15) is 11.8 Å². The summed E-state index contributed by atoms with van der Waals surface area (Å²) in [5.74, 6) is 1.71. The molecule has 84 valence electrons. The average molecular weight is 291 g/mol. The van der Waals surface area contributed by atoms with Crippen molar-refractivity contribution in [3.8, 4) is 5.75 Å². The summed E-state index contributed by atoms with van der Waals surface area (Å²) in [6.07, 6.45) is 1.54. The SMILES string of the molecule is CSCCOc1cc(Br)ccc1[C@H](C)O. The number of rotatable bonds is 5. The first kappa shape index (κ1) is 12.9. The van der Waals surface area contributed by atoms with Gasteiger partial charge in [0.2, 0.25) is 0 Å². The molecule has 2 nitrogen and oxygen atoms in total. The minimum absolute atomic E-state index is 0.498. The van der Waals surface area contributed by atoms with Crippen molar-refractivity contribution < 1.29 is 9.84 Å². The molecule has 1 aromatic rings. The highest BCUT2D eigenvalue weighted by Crippen LogP contribution is 2.28.